The van der Waals surface area contributed by atoms with E-state index in [1.54, 1.807) is 0 Å². The first-order valence-corrected chi connectivity index (χ1v) is 9.03. The first kappa shape index (κ1) is 17.3. The summed E-state index contributed by atoms with van der Waals surface area (Å²) in [6.07, 6.45) is 0. The molecule has 1 heterocycles. The van der Waals surface area contributed by atoms with E-state index in [1.165, 1.54) is 22.5 Å². The molecule has 0 saturated carbocycles. The standard InChI is InChI=1S/C20H21N3OS/c1-15-8-10-17(11-9-15)18-14-25-20(21-18)22-19(24)13-23(2)12-16-6-4-3-5-7-16/h3-11,14H,12-13H2,1-2H3,(H,21,22,24). The average Bonchev–Trinajstić information content (AvgIpc) is 3.04. The van der Waals surface area contributed by atoms with Gasteiger partial charge in [0, 0.05) is 17.5 Å². The van der Waals surface area contributed by atoms with Gasteiger partial charge < -0.3 is 5.32 Å². The number of amides is 1. The lowest BCUT2D eigenvalue weighted by atomic mass is 10.1. The Hall–Kier alpha value is -2.50. The van der Waals surface area contributed by atoms with Crippen molar-refractivity contribution >= 4 is 22.4 Å². The number of anilines is 1. The van der Waals surface area contributed by atoms with Gasteiger partial charge in [0.15, 0.2) is 5.13 Å². The molecular formula is C20H21N3OS. The lowest BCUT2D eigenvalue weighted by Gasteiger charge is -2.15. The van der Waals surface area contributed by atoms with Crippen molar-refractivity contribution < 1.29 is 4.79 Å². The summed E-state index contributed by atoms with van der Waals surface area (Å²) in [6, 6.07) is 18.3. The number of hydrogen-bond donors (Lipinski definition) is 1. The smallest absolute Gasteiger partial charge is 0.240 e. The summed E-state index contributed by atoms with van der Waals surface area (Å²) in [5.41, 5.74) is 4.35. The van der Waals surface area contributed by atoms with E-state index in [-0.39, 0.29) is 5.91 Å². The first-order chi connectivity index (χ1) is 12.1. The minimum atomic E-state index is -0.0526. The fourth-order valence-electron chi connectivity index (χ4n) is 2.54. The molecule has 2 aromatic carbocycles. The van der Waals surface area contributed by atoms with Crippen LogP contribution in [-0.4, -0.2) is 29.4 Å². The van der Waals surface area contributed by atoms with Crippen molar-refractivity contribution in [3.63, 3.8) is 0 Å². The van der Waals surface area contributed by atoms with Crippen LogP contribution in [0.4, 0.5) is 5.13 Å². The maximum Gasteiger partial charge on any atom is 0.240 e. The Morgan fingerprint density at radius 2 is 1.84 bits per heavy atom. The highest BCUT2D eigenvalue weighted by molar-refractivity contribution is 7.14. The third-order valence-electron chi connectivity index (χ3n) is 3.81. The molecule has 3 aromatic rings. The van der Waals surface area contributed by atoms with Crippen LogP contribution in [0.3, 0.4) is 0 Å². The summed E-state index contributed by atoms with van der Waals surface area (Å²) < 4.78 is 0. The molecule has 0 bridgehead atoms. The molecule has 0 aliphatic rings. The molecule has 25 heavy (non-hydrogen) atoms. The van der Waals surface area contributed by atoms with Gasteiger partial charge in [-0.2, -0.15) is 0 Å². The number of benzene rings is 2. The summed E-state index contributed by atoms with van der Waals surface area (Å²) in [6.45, 7) is 3.12. The Balaban J connectivity index is 1.55. The Labute approximate surface area is 152 Å². The van der Waals surface area contributed by atoms with Gasteiger partial charge in [-0.15, -0.1) is 11.3 Å². The zero-order valence-electron chi connectivity index (χ0n) is 14.4. The molecule has 0 aliphatic carbocycles. The van der Waals surface area contributed by atoms with E-state index in [0.717, 1.165) is 17.8 Å². The number of carbonyl (C=O) groups is 1. The molecule has 1 amide bonds. The minimum Gasteiger partial charge on any atom is -0.301 e. The van der Waals surface area contributed by atoms with Crippen molar-refractivity contribution in [2.75, 3.05) is 18.9 Å². The van der Waals surface area contributed by atoms with Crippen LogP contribution in [-0.2, 0) is 11.3 Å². The summed E-state index contributed by atoms with van der Waals surface area (Å²) in [5.74, 6) is -0.0526. The molecule has 4 nitrogen and oxygen atoms in total. The van der Waals surface area contributed by atoms with Crippen LogP contribution < -0.4 is 5.32 Å². The molecule has 0 unspecified atom stereocenters. The average molecular weight is 351 g/mol. The predicted octanol–water partition coefficient (Wildman–Crippen LogP) is 4.19. The molecule has 128 valence electrons. The van der Waals surface area contributed by atoms with Crippen LogP contribution in [0.1, 0.15) is 11.1 Å². The van der Waals surface area contributed by atoms with E-state index in [0.29, 0.717) is 11.7 Å². The van der Waals surface area contributed by atoms with E-state index in [2.05, 4.69) is 41.5 Å². The largest absolute Gasteiger partial charge is 0.301 e. The highest BCUT2D eigenvalue weighted by atomic mass is 32.1. The summed E-state index contributed by atoms with van der Waals surface area (Å²) in [5, 5.41) is 5.49. The van der Waals surface area contributed by atoms with Crippen LogP contribution >= 0.6 is 11.3 Å². The van der Waals surface area contributed by atoms with Crippen molar-refractivity contribution in [1.29, 1.82) is 0 Å². The third kappa shape index (κ3) is 4.98. The van der Waals surface area contributed by atoms with Crippen LogP contribution in [0.25, 0.3) is 11.3 Å². The van der Waals surface area contributed by atoms with Crippen molar-refractivity contribution in [2.45, 2.75) is 13.5 Å². The molecule has 0 saturated heterocycles. The number of hydrogen-bond acceptors (Lipinski definition) is 4. The number of carbonyl (C=O) groups excluding carboxylic acids is 1. The Bertz CT molecular complexity index is 828. The molecule has 3 rings (SSSR count). The summed E-state index contributed by atoms with van der Waals surface area (Å²) in [4.78, 5) is 18.7. The van der Waals surface area contributed by atoms with Crippen molar-refractivity contribution in [3.8, 4) is 11.3 Å². The zero-order valence-corrected chi connectivity index (χ0v) is 15.2. The van der Waals surface area contributed by atoms with Crippen molar-refractivity contribution in [3.05, 3.63) is 71.1 Å². The fourth-order valence-corrected chi connectivity index (χ4v) is 3.28. The van der Waals surface area contributed by atoms with Gasteiger partial charge in [0.25, 0.3) is 0 Å². The third-order valence-corrected chi connectivity index (χ3v) is 4.56. The maximum atomic E-state index is 12.2. The molecule has 5 heteroatoms. The van der Waals surface area contributed by atoms with Gasteiger partial charge in [-0.25, -0.2) is 4.98 Å². The number of nitrogens with zero attached hydrogens (tertiary/aromatic N) is 2. The van der Waals surface area contributed by atoms with Gasteiger partial charge in [0.05, 0.1) is 12.2 Å². The van der Waals surface area contributed by atoms with Gasteiger partial charge in [-0.1, -0.05) is 60.2 Å². The van der Waals surface area contributed by atoms with Gasteiger partial charge in [0.1, 0.15) is 0 Å². The zero-order chi connectivity index (χ0) is 17.6. The van der Waals surface area contributed by atoms with Gasteiger partial charge in [0.2, 0.25) is 5.91 Å². The van der Waals surface area contributed by atoms with E-state index < -0.39 is 0 Å². The van der Waals surface area contributed by atoms with Crippen molar-refractivity contribution in [1.82, 2.24) is 9.88 Å². The number of aryl methyl sites for hydroxylation is 1. The highest BCUT2D eigenvalue weighted by Crippen LogP contribution is 2.25. The topological polar surface area (TPSA) is 45.2 Å². The van der Waals surface area contributed by atoms with Gasteiger partial charge >= 0.3 is 0 Å². The second kappa shape index (κ2) is 8.05. The molecular weight excluding hydrogens is 330 g/mol. The molecule has 1 N–H and O–H groups in total. The second-order valence-electron chi connectivity index (χ2n) is 6.11. The lowest BCUT2D eigenvalue weighted by Crippen LogP contribution is -2.29. The van der Waals surface area contributed by atoms with Crippen LogP contribution in [0, 0.1) is 6.92 Å². The van der Waals surface area contributed by atoms with Gasteiger partial charge in [-0.05, 0) is 19.5 Å². The normalized spacial score (nSPS) is 10.8. The summed E-state index contributed by atoms with van der Waals surface area (Å²) >= 11 is 1.45. The van der Waals surface area contributed by atoms with Crippen LogP contribution in [0.5, 0.6) is 0 Å². The second-order valence-corrected chi connectivity index (χ2v) is 6.97. The molecule has 0 fully saturated rings. The number of likely N-dealkylation sites (N-methyl/N-ethyl adjacent to an activating group) is 1. The van der Waals surface area contributed by atoms with E-state index in [4.69, 9.17) is 0 Å². The highest BCUT2D eigenvalue weighted by Gasteiger charge is 2.10. The van der Waals surface area contributed by atoms with Crippen molar-refractivity contribution in [2.24, 2.45) is 0 Å². The Morgan fingerprint density at radius 3 is 2.56 bits per heavy atom. The maximum absolute atomic E-state index is 12.2. The number of nitrogens with one attached hydrogen (secondary N) is 1. The molecule has 0 spiro atoms. The molecule has 0 aliphatic heterocycles. The molecule has 1 aromatic heterocycles. The quantitative estimate of drug-likeness (QED) is 0.724. The van der Waals surface area contributed by atoms with E-state index in [1.807, 2.05) is 47.7 Å². The molecule has 0 radical (unpaired) electrons. The number of aromatic nitrogens is 1. The number of thiazole rings is 1. The van der Waals surface area contributed by atoms with Crippen LogP contribution in [0.2, 0.25) is 0 Å². The first-order valence-electron chi connectivity index (χ1n) is 8.15. The van der Waals surface area contributed by atoms with E-state index in [9.17, 15) is 4.79 Å². The lowest BCUT2D eigenvalue weighted by molar-refractivity contribution is -0.117. The fraction of sp³-hybridized carbons (Fsp3) is 0.200. The van der Waals surface area contributed by atoms with E-state index >= 15 is 0 Å². The van der Waals surface area contributed by atoms with Crippen LogP contribution in [0.15, 0.2) is 60.0 Å². The monoisotopic (exact) mass is 351 g/mol. The Kier molecular flexibility index (Phi) is 5.58. The SMILES string of the molecule is Cc1ccc(-c2csc(NC(=O)CN(C)Cc3ccccc3)n2)cc1. The van der Waals surface area contributed by atoms with Gasteiger partial charge in [-0.3, -0.25) is 9.69 Å². The number of rotatable bonds is 6. The Morgan fingerprint density at radius 1 is 1.12 bits per heavy atom. The minimum absolute atomic E-state index is 0.0526. The molecule has 0 atom stereocenters. The predicted molar refractivity (Wildman–Crippen MR) is 104 cm³/mol. The summed E-state index contributed by atoms with van der Waals surface area (Å²) in [7, 11) is 1.94.